The first kappa shape index (κ1) is 14.4. The Labute approximate surface area is 130 Å². The molecule has 0 fully saturated rings. The van der Waals surface area contributed by atoms with Crippen molar-refractivity contribution >= 4 is 5.91 Å². The van der Waals surface area contributed by atoms with Crippen LogP contribution in [0.2, 0.25) is 0 Å². The van der Waals surface area contributed by atoms with Crippen molar-refractivity contribution in [3.05, 3.63) is 60.2 Å². The van der Waals surface area contributed by atoms with Crippen LogP contribution in [0.4, 0.5) is 0 Å². The molecule has 4 nitrogen and oxygen atoms in total. The molecule has 0 unspecified atom stereocenters. The summed E-state index contributed by atoms with van der Waals surface area (Å²) in [6.07, 6.45) is -0.528. The van der Waals surface area contributed by atoms with E-state index in [1.165, 1.54) is 0 Å². The van der Waals surface area contributed by atoms with Crippen molar-refractivity contribution in [2.45, 2.75) is 18.9 Å². The summed E-state index contributed by atoms with van der Waals surface area (Å²) in [5.41, 5.74) is 1.15. The molecule has 1 N–H and O–H groups in total. The third kappa shape index (κ3) is 3.22. The Hall–Kier alpha value is -2.49. The van der Waals surface area contributed by atoms with Crippen LogP contribution >= 0.6 is 0 Å². The zero-order valence-electron chi connectivity index (χ0n) is 12.5. The zero-order chi connectivity index (χ0) is 15.4. The number of para-hydroxylation sites is 2. The summed E-state index contributed by atoms with van der Waals surface area (Å²) in [5, 5.41) is 2.94. The van der Waals surface area contributed by atoms with E-state index in [2.05, 4.69) is 5.32 Å². The molecule has 1 amide bonds. The van der Waals surface area contributed by atoms with Gasteiger partial charge in [0.25, 0.3) is 5.91 Å². The highest BCUT2D eigenvalue weighted by Gasteiger charge is 2.25. The molecule has 0 saturated heterocycles. The molecular weight excluding hydrogens is 278 g/mol. The van der Waals surface area contributed by atoms with Gasteiger partial charge in [-0.2, -0.15) is 0 Å². The van der Waals surface area contributed by atoms with E-state index in [0.717, 1.165) is 11.3 Å². The van der Waals surface area contributed by atoms with Gasteiger partial charge in [0.2, 0.25) is 0 Å². The van der Waals surface area contributed by atoms with Gasteiger partial charge in [-0.05, 0) is 25.1 Å². The van der Waals surface area contributed by atoms with Crippen molar-refractivity contribution in [2.75, 3.05) is 13.2 Å². The molecular formula is C18H19NO3. The maximum atomic E-state index is 12.1. The standard InChI is InChI=1S/C18H19NO3/c1-13(22-15-7-3-2-4-8-15)18(20)19-11-14-12-21-17-10-6-5-9-16(14)17/h2-10,13-14H,11-12H2,1H3,(H,19,20)/t13-,14-/m1/s1. The van der Waals surface area contributed by atoms with Gasteiger partial charge in [0.1, 0.15) is 11.5 Å². The Bertz CT molecular complexity index is 642. The largest absolute Gasteiger partial charge is 0.493 e. The van der Waals surface area contributed by atoms with E-state index in [0.29, 0.717) is 18.9 Å². The monoisotopic (exact) mass is 297 g/mol. The van der Waals surface area contributed by atoms with Crippen LogP contribution in [-0.4, -0.2) is 25.2 Å². The van der Waals surface area contributed by atoms with Crippen LogP contribution < -0.4 is 14.8 Å². The second-order valence-corrected chi connectivity index (χ2v) is 5.36. The quantitative estimate of drug-likeness (QED) is 0.923. The molecule has 4 heteroatoms. The van der Waals surface area contributed by atoms with E-state index in [1.807, 2.05) is 54.6 Å². The highest BCUT2D eigenvalue weighted by molar-refractivity contribution is 5.80. The summed E-state index contributed by atoms with van der Waals surface area (Å²) in [5.74, 6) is 1.69. The van der Waals surface area contributed by atoms with Crippen molar-refractivity contribution in [3.8, 4) is 11.5 Å². The van der Waals surface area contributed by atoms with Gasteiger partial charge in [-0.15, -0.1) is 0 Å². The number of rotatable bonds is 5. The minimum atomic E-state index is -0.528. The average Bonchev–Trinajstić information content (AvgIpc) is 2.97. The first-order chi connectivity index (χ1) is 10.7. The lowest BCUT2D eigenvalue weighted by Gasteiger charge is -2.16. The number of fused-ring (bicyclic) bond motifs is 1. The summed E-state index contributed by atoms with van der Waals surface area (Å²) >= 11 is 0. The van der Waals surface area contributed by atoms with E-state index in [-0.39, 0.29) is 11.8 Å². The molecule has 1 aliphatic rings. The van der Waals surface area contributed by atoms with Crippen molar-refractivity contribution in [1.82, 2.24) is 5.32 Å². The Morgan fingerprint density at radius 3 is 2.77 bits per heavy atom. The molecule has 0 radical (unpaired) electrons. The van der Waals surface area contributed by atoms with Crippen LogP contribution in [0.5, 0.6) is 11.5 Å². The molecule has 0 saturated carbocycles. The molecule has 0 aromatic heterocycles. The summed E-state index contributed by atoms with van der Waals surface area (Å²) in [4.78, 5) is 12.1. The summed E-state index contributed by atoms with van der Waals surface area (Å²) in [6.45, 7) is 2.91. The van der Waals surface area contributed by atoms with Gasteiger partial charge in [0.05, 0.1) is 6.61 Å². The molecule has 1 aliphatic heterocycles. The van der Waals surface area contributed by atoms with E-state index in [1.54, 1.807) is 6.92 Å². The lowest BCUT2D eigenvalue weighted by atomic mass is 10.0. The Morgan fingerprint density at radius 2 is 1.95 bits per heavy atom. The van der Waals surface area contributed by atoms with Crippen molar-refractivity contribution in [1.29, 1.82) is 0 Å². The maximum Gasteiger partial charge on any atom is 0.260 e. The third-order valence-corrected chi connectivity index (χ3v) is 3.75. The SMILES string of the molecule is C[C@@H](Oc1ccccc1)C(=O)NC[C@@H]1COc2ccccc21. The van der Waals surface area contributed by atoms with Gasteiger partial charge in [-0.1, -0.05) is 36.4 Å². The topological polar surface area (TPSA) is 47.6 Å². The maximum absolute atomic E-state index is 12.1. The van der Waals surface area contributed by atoms with E-state index >= 15 is 0 Å². The fraction of sp³-hybridized carbons (Fsp3) is 0.278. The minimum Gasteiger partial charge on any atom is -0.493 e. The van der Waals surface area contributed by atoms with Gasteiger partial charge in [-0.3, -0.25) is 4.79 Å². The molecule has 114 valence electrons. The first-order valence-electron chi connectivity index (χ1n) is 7.45. The summed E-state index contributed by atoms with van der Waals surface area (Å²) in [6, 6.07) is 17.3. The van der Waals surface area contributed by atoms with Crippen LogP contribution in [0.25, 0.3) is 0 Å². The second kappa shape index (κ2) is 6.52. The van der Waals surface area contributed by atoms with E-state index < -0.39 is 6.10 Å². The van der Waals surface area contributed by atoms with Crippen molar-refractivity contribution < 1.29 is 14.3 Å². The van der Waals surface area contributed by atoms with Gasteiger partial charge < -0.3 is 14.8 Å². The van der Waals surface area contributed by atoms with Crippen LogP contribution in [0.3, 0.4) is 0 Å². The Morgan fingerprint density at radius 1 is 1.23 bits per heavy atom. The van der Waals surface area contributed by atoms with Crippen LogP contribution in [-0.2, 0) is 4.79 Å². The molecule has 0 aliphatic carbocycles. The molecule has 2 aromatic carbocycles. The number of carbonyl (C=O) groups excluding carboxylic acids is 1. The second-order valence-electron chi connectivity index (χ2n) is 5.36. The molecule has 22 heavy (non-hydrogen) atoms. The van der Waals surface area contributed by atoms with Crippen LogP contribution in [0.15, 0.2) is 54.6 Å². The molecule has 0 spiro atoms. The fourth-order valence-corrected chi connectivity index (χ4v) is 2.52. The minimum absolute atomic E-state index is 0.117. The lowest BCUT2D eigenvalue weighted by Crippen LogP contribution is -2.38. The van der Waals surface area contributed by atoms with Gasteiger partial charge in [0.15, 0.2) is 6.10 Å². The number of hydrogen-bond donors (Lipinski definition) is 1. The summed E-state index contributed by atoms with van der Waals surface area (Å²) < 4.78 is 11.2. The molecule has 0 bridgehead atoms. The smallest absolute Gasteiger partial charge is 0.260 e. The first-order valence-corrected chi connectivity index (χ1v) is 7.45. The summed E-state index contributed by atoms with van der Waals surface area (Å²) in [7, 11) is 0. The number of benzene rings is 2. The van der Waals surface area contributed by atoms with Crippen molar-refractivity contribution in [3.63, 3.8) is 0 Å². The van der Waals surface area contributed by atoms with Crippen LogP contribution in [0, 0.1) is 0 Å². The van der Waals surface area contributed by atoms with E-state index in [4.69, 9.17) is 9.47 Å². The fourth-order valence-electron chi connectivity index (χ4n) is 2.52. The molecule has 1 heterocycles. The predicted octanol–water partition coefficient (Wildman–Crippen LogP) is 2.75. The van der Waals surface area contributed by atoms with Gasteiger partial charge >= 0.3 is 0 Å². The van der Waals surface area contributed by atoms with Gasteiger partial charge in [-0.25, -0.2) is 0 Å². The third-order valence-electron chi connectivity index (χ3n) is 3.75. The molecule has 3 rings (SSSR count). The highest BCUT2D eigenvalue weighted by atomic mass is 16.5. The zero-order valence-corrected chi connectivity index (χ0v) is 12.5. The Balaban J connectivity index is 1.52. The number of ether oxygens (including phenoxy) is 2. The van der Waals surface area contributed by atoms with E-state index in [9.17, 15) is 4.79 Å². The highest BCUT2D eigenvalue weighted by Crippen LogP contribution is 2.32. The normalized spacial score (nSPS) is 17.2. The van der Waals surface area contributed by atoms with Crippen molar-refractivity contribution in [2.24, 2.45) is 0 Å². The number of amides is 1. The number of hydrogen-bond acceptors (Lipinski definition) is 3. The van der Waals surface area contributed by atoms with Crippen LogP contribution in [0.1, 0.15) is 18.4 Å². The average molecular weight is 297 g/mol. The number of nitrogens with one attached hydrogen (secondary N) is 1. The molecule has 2 atom stereocenters. The molecule has 2 aromatic rings. The van der Waals surface area contributed by atoms with Gasteiger partial charge in [0, 0.05) is 18.0 Å². The predicted molar refractivity (Wildman–Crippen MR) is 84.2 cm³/mol. The Kier molecular flexibility index (Phi) is 4.28. The lowest BCUT2D eigenvalue weighted by molar-refractivity contribution is -0.127. The number of carbonyl (C=O) groups is 1.